The van der Waals surface area contributed by atoms with Crippen molar-refractivity contribution in [2.75, 3.05) is 0 Å². The third-order valence-corrected chi connectivity index (χ3v) is 2.10. The van der Waals surface area contributed by atoms with E-state index in [1.165, 1.54) is 0 Å². The van der Waals surface area contributed by atoms with Crippen molar-refractivity contribution < 1.29 is 14.4 Å². The fourth-order valence-corrected chi connectivity index (χ4v) is 1.57. The molecule has 12 heavy (non-hydrogen) atoms. The smallest absolute Gasteiger partial charge is 0.311 e. The lowest BCUT2D eigenvalue weighted by molar-refractivity contribution is -0.136. The van der Waals surface area contributed by atoms with E-state index >= 15 is 0 Å². The average molecular weight is 167 g/mol. The number of aryl methyl sites for hydroxylation is 1. The third kappa shape index (κ3) is 1.09. The van der Waals surface area contributed by atoms with Gasteiger partial charge in [0.25, 0.3) is 0 Å². The molecule has 0 bridgehead atoms. The van der Waals surface area contributed by atoms with Crippen LogP contribution in [0.15, 0.2) is 4.52 Å². The van der Waals surface area contributed by atoms with Crippen molar-refractivity contribution in [2.24, 2.45) is 0 Å². The lowest BCUT2D eigenvalue weighted by Crippen LogP contribution is -2.00. The van der Waals surface area contributed by atoms with Crippen molar-refractivity contribution in [2.45, 2.75) is 25.7 Å². The fraction of sp³-hybridized carbons (Fsp3) is 0.500. The van der Waals surface area contributed by atoms with Gasteiger partial charge in [0.2, 0.25) is 0 Å². The van der Waals surface area contributed by atoms with Crippen LogP contribution in [-0.2, 0) is 24.1 Å². The first-order chi connectivity index (χ1) is 5.77. The van der Waals surface area contributed by atoms with Crippen LogP contribution < -0.4 is 0 Å². The first-order valence-corrected chi connectivity index (χ1v) is 3.95. The molecule has 64 valence electrons. The summed E-state index contributed by atoms with van der Waals surface area (Å²) in [5, 5.41) is 12.3. The molecule has 0 amide bonds. The Bertz CT molecular complexity index is 316. The highest BCUT2D eigenvalue weighted by Gasteiger charge is 2.21. The minimum Gasteiger partial charge on any atom is -0.481 e. The van der Waals surface area contributed by atoms with Gasteiger partial charge in [0.15, 0.2) is 5.76 Å². The Morgan fingerprint density at radius 3 is 3.17 bits per heavy atom. The Morgan fingerprint density at radius 1 is 1.58 bits per heavy atom. The van der Waals surface area contributed by atoms with E-state index in [4.69, 9.17) is 9.63 Å². The summed E-state index contributed by atoms with van der Waals surface area (Å²) in [6, 6.07) is 0. The molecule has 0 unspecified atom stereocenters. The number of rotatable bonds is 2. The summed E-state index contributed by atoms with van der Waals surface area (Å²) in [6.45, 7) is 0. The zero-order chi connectivity index (χ0) is 8.55. The average Bonchev–Trinajstić information content (AvgIpc) is 2.52. The van der Waals surface area contributed by atoms with Crippen LogP contribution in [0.5, 0.6) is 0 Å². The van der Waals surface area contributed by atoms with Gasteiger partial charge in [0, 0.05) is 5.56 Å². The molecule has 2 rings (SSSR count). The van der Waals surface area contributed by atoms with E-state index < -0.39 is 5.97 Å². The van der Waals surface area contributed by atoms with Crippen molar-refractivity contribution >= 4 is 5.97 Å². The molecule has 1 aliphatic rings. The Labute approximate surface area is 69.2 Å². The maximum Gasteiger partial charge on any atom is 0.311 e. The van der Waals surface area contributed by atoms with Crippen LogP contribution in [0.25, 0.3) is 0 Å². The van der Waals surface area contributed by atoms with Crippen molar-refractivity contribution in [1.82, 2.24) is 5.16 Å². The van der Waals surface area contributed by atoms with Crippen LogP contribution in [-0.4, -0.2) is 16.2 Å². The summed E-state index contributed by atoms with van der Waals surface area (Å²) in [5.41, 5.74) is 1.98. The normalized spacial score (nSPS) is 14.7. The van der Waals surface area contributed by atoms with Gasteiger partial charge in [0.1, 0.15) is 6.42 Å². The predicted molar refractivity (Wildman–Crippen MR) is 39.9 cm³/mol. The molecule has 1 N–H and O–H groups in total. The van der Waals surface area contributed by atoms with Crippen LogP contribution in [0.1, 0.15) is 23.4 Å². The third-order valence-electron chi connectivity index (χ3n) is 2.10. The van der Waals surface area contributed by atoms with Crippen LogP contribution in [0.4, 0.5) is 0 Å². The summed E-state index contributed by atoms with van der Waals surface area (Å²) in [4.78, 5) is 10.4. The summed E-state index contributed by atoms with van der Waals surface area (Å²) in [7, 11) is 0. The molecular weight excluding hydrogens is 158 g/mol. The molecular formula is C8H9NO3. The second-order valence-corrected chi connectivity index (χ2v) is 2.96. The Kier molecular flexibility index (Phi) is 1.60. The first kappa shape index (κ1) is 7.34. The second-order valence-electron chi connectivity index (χ2n) is 2.96. The standard InChI is InChI=1S/C8H9NO3/c10-8(11)4-7-5-2-1-3-6(5)9-12-7/h1-4H2,(H,10,11). The maximum atomic E-state index is 10.4. The summed E-state index contributed by atoms with van der Waals surface area (Å²) < 4.78 is 4.92. The van der Waals surface area contributed by atoms with E-state index in [0.717, 1.165) is 30.5 Å². The molecule has 0 spiro atoms. The van der Waals surface area contributed by atoms with Gasteiger partial charge < -0.3 is 9.63 Å². The van der Waals surface area contributed by atoms with Crippen molar-refractivity contribution in [3.63, 3.8) is 0 Å². The molecule has 0 aliphatic heterocycles. The van der Waals surface area contributed by atoms with Gasteiger partial charge in [0.05, 0.1) is 5.69 Å². The highest BCUT2D eigenvalue weighted by Crippen LogP contribution is 2.24. The van der Waals surface area contributed by atoms with Gasteiger partial charge in [-0.3, -0.25) is 4.79 Å². The topological polar surface area (TPSA) is 63.3 Å². The molecule has 4 nitrogen and oxygen atoms in total. The molecule has 1 aromatic heterocycles. The van der Waals surface area contributed by atoms with Crippen LogP contribution in [0, 0.1) is 0 Å². The van der Waals surface area contributed by atoms with Gasteiger partial charge >= 0.3 is 5.97 Å². The van der Waals surface area contributed by atoms with Gasteiger partial charge in [-0.1, -0.05) is 5.16 Å². The minimum atomic E-state index is -0.860. The molecule has 0 radical (unpaired) electrons. The zero-order valence-electron chi connectivity index (χ0n) is 6.54. The van der Waals surface area contributed by atoms with E-state index in [1.807, 2.05) is 0 Å². The fourth-order valence-electron chi connectivity index (χ4n) is 1.57. The van der Waals surface area contributed by atoms with Crippen LogP contribution in [0.3, 0.4) is 0 Å². The second kappa shape index (κ2) is 2.62. The van der Waals surface area contributed by atoms with Crippen molar-refractivity contribution in [3.05, 3.63) is 17.0 Å². The number of fused-ring (bicyclic) bond motifs is 1. The quantitative estimate of drug-likeness (QED) is 0.707. The van der Waals surface area contributed by atoms with E-state index in [1.54, 1.807) is 0 Å². The molecule has 1 aromatic rings. The molecule has 0 atom stereocenters. The Morgan fingerprint density at radius 2 is 2.42 bits per heavy atom. The molecule has 1 aliphatic carbocycles. The molecule has 0 saturated carbocycles. The number of aromatic nitrogens is 1. The maximum absolute atomic E-state index is 10.4. The van der Waals surface area contributed by atoms with Gasteiger partial charge in [-0.2, -0.15) is 0 Å². The summed E-state index contributed by atoms with van der Waals surface area (Å²) in [6.07, 6.45) is 2.88. The number of nitrogens with zero attached hydrogens (tertiary/aromatic N) is 1. The largest absolute Gasteiger partial charge is 0.481 e. The first-order valence-electron chi connectivity index (χ1n) is 3.95. The molecule has 0 aromatic carbocycles. The SMILES string of the molecule is O=C(O)Cc1onc2c1CCC2. The Hall–Kier alpha value is -1.32. The Balaban J connectivity index is 2.27. The van der Waals surface area contributed by atoms with E-state index in [9.17, 15) is 4.79 Å². The highest BCUT2D eigenvalue weighted by molar-refractivity contribution is 5.69. The van der Waals surface area contributed by atoms with Gasteiger partial charge in [-0.25, -0.2) is 0 Å². The van der Waals surface area contributed by atoms with E-state index in [2.05, 4.69) is 5.16 Å². The zero-order valence-corrected chi connectivity index (χ0v) is 6.54. The highest BCUT2D eigenvalue weighted by atomic mass is 16.5. The number of hydrogen-bond donors (Lipinski definition) is 1. The lowest BCUT2D eigenvalue weighted by Gasteiger charge is -1.91. The minimum absolute atomic E-state index is 0.0394. The summed E-state index contributed by atoms with van der Waals surface area (Å²) in [5.74, 6) is -0.323. The number of hydrogen-bond acceptors (Lipinski definition) is 3. The van der Waals surface area contributed by atoms with E-state index in [-0.39, 0.29) is 6.42 Å². The number of aliphatic carboxylic acids is 1. The molecule has 0 saturated heterocycles. The number of carboxylic acid groups (broad SMARTS) is 1. The van der Waals surface area contributed by atoms with E-state index in [0.29, 0.717) is 5.76 Å². The van der Waals surface area contributed by atoms with Crippen molar-refractivity contribution in [3.8, 4) is 0 Å². The van der Waals surface area contributed by atoms with Crippen LogP contribution >= 0.6 is 0 Å². The van der Waals surface area contributed by atoms with Gasteiger partial charge in [-0.15, -0.1) is 0 Å². The molecule has 1 heterocycles. The number of carbonyl (C=O) groups is 1. The van der Waals surface area contributed by atoms with Crippen molar-refractivity contribution in [1.29, 1.82) is 0 Å². The van der Waals surface area contributed by atoms with Crippen LogP contribution in [0.2, 0.25) is 0 Å². The molecule has 4 heteroatoms. The summed E-state index contributed by atoms with van der Waals surface area (Å²) >= 11 is 0. The number of carboxylic acids is 1. The monoisotopic (exact) mass is 167 g/mol. The molecule has 0 fully saturated rings. The van der Waals surface area contributed by atoms with Gasteiger partial charge in [-0.05, 0) is 19.3 Å². The predicted octanol–water partition coefficient (Wildman–Crippen LogP) is 0.790. The lowest BCUT2D eigenvalue weighted by atomic mass is 10.2.